The number of rotatable bonds is 3. The van der Waals surface area contributed by atoms with Gasteiger partial charge in [0.2, 0.25) is 0 Å². The van der Waals surface area contributed by atoms with Gasteiger partial charge >= 0.3 is 0 Å². The van der Waals surface area contributed by atoms with Crippen LogP contribution in [0.5, 0.6) is 0 Å². The summed E-state index contributed by atoms with van der Waals surface area (Å²) in [6, 6.07) is 12.2. The molecule has 0 aliphatic rings. The lowest BCUT2D eigenvalue weighted by Gasteiger charge is -2.07. The molecule has 0 bridgehead atoms. The largest absolute Gasteiger partial charge is 0.221 e. The van der Waals surface area contributed by atoms with Crippen LogP contribution in [0.15, 0.2) is 40.3 Å². The van der Waals surface area contributed by atoms with Crippen molar-refractivity contribution in [2.24, 2.45) is 9.98 Å². The Morgan fingerprint density at radius 1 is 0.762 bits per heavy atom. The topological polar surface area (TPSA) is 24.7 Å². The third-order valence-corrected chi connectivity index (χ3v) is 4.78. The molecular formula is C14H7Cl5N2. The van der Waals surface area contributed by atoms with Gasteiger partial charge in [0.25, 0.3) is 0 Å². The molecule has 21 heavy (non-hydrogen) atoms. The molecule has 0 fully saturated rings. The van der Waals surface area contributed by atoms with Gasteiger partial charge in [0.15, 0.2) is 0 Å². The summed E-state index contributed by atoms with van der Waals surface area (Å²) in [6.45, 7) is 0.439. The first-order valence-corrected chi connectivity index (χ1v) is 7.59. The Morgan fingerprint density at radius 3 is 1.86 bits per heavy atom. The average Bonchev–Trinajstić information content (AvgIpc) is 2.51. The van der Waals surface area contributed by atoms with Gasteiger partial charge in [-0.15, -0.1) is 0 Å². The lowest BCUT2D eigenvalue weighted by Crippen LogP contribution is -1.81. The molecule has 7 heteroatoms. The first-order valence-electron chi connectivity index (χ1n) is 5.70. The Kier molecular flexibility index (Phi) is 5.95. The van der Waals surface area contributed by atoms with Crippen molar-refractivity contribution in [2.45, 2.75) is 6.54 Å². The predicted molar refractivity (Wildman–Crippen MR) is 91.2 cm³/mol. The fraction of sp³-hybridized carbons (Fsp3) is 0.0714. The zero-order valence-corrected chi connectivity index (χ0v) is 14.2. The molecule has 0 amide bonds. The number of hydrogen-bond donors (Lipinski definition) is 0. The fourth-order valence-corrected chi connectivity index (χ4v) is 2.70. The fourth-order valence-electron chi connectivity index (χ4n) is 1.49. The van der Waals surface area contributed by atoms with Gasteiger partial charge in [-0.05, 0) is 5.56 Å². The quantitative estimate of drug-likeness (QED) is 0.312. The lowest BCUT2D eigenvalue weighted by atomic mass is 10.2. The van der Waals surface area contributed by atoms with Gasteiger partial charge in [0.05, 0.1) is 37.7 Å². The molecule has 0 spiro atoms. The van der Waals surface area contributed by atoms with E-state index in [4.69, 9.17) is 58.0 Å². The van der Waals surface area contributed by atoms with E-state index in [0.29, 0.717) is 6.54 Å². The highest BCUT2D eigenvalue weighted by atomic mass is 35.5. The van der Waals surface area contributed by atoms with Crippen molar-refractivity contribution in [3.8, 4) is 0 Å². The highest BCUT2D eigenvalue weighted by molar-refractivity contribution is 6.56. The van der Waals surface area contributed by atoms with Crippen LogP contribution in [0.3, 0.4) is 0 Å². The molecule has 0 aliphatic carbocycles. The second-order valence-electron chi connectivity index (χ2n) is 3.93. The maximum absolute atomic E-state index is 6.04. The van der Waals surface area contributed by atoms with E-state index in [1.807, 2.05) is 30.3 Å². The van der Waals surface area contributed by atoms with Gasteiger partial charge in [-0.25, -0.2) is 4.99 Å². The highest BCUT2D eigenvalue weighted by Crippen LogP contribution is 2.47. The second-order valence-corrected chi connectivity index (χ2v) is 5.82. The molecule has 2 rings (SSSR count). The van der Waals surface area contributed by atoms with Crippen LogP contribution in [0, 0.1) is 0 Å². The molecular weight excluding hydrogens is 373 g/mol. The van der Waals surface area contributed by atoms with Gasteiger partial charge in [-0.3, -0.25) is 0 Å². The second kappa shape index (κ2) is 7.51. The van der Waals surface area contributed by atoms with Crippen LogP contribution >= 0.6 is 58.0 Å². The van der Waals surface area contributed by atoms with E-state index in [0.717, 1.165) is 5.56 Å². The minimum Gasteiger partial charge on any atom is -0.221 e. The summed E-state index contributed by atoms with van der Waals surface area (Å²) in [4.78, 5) is 8.02. The van der Waals surface area contributed by atoms with Crippen LogP contribution in [0.25, 0.3) is 0 Å². The summed E-state index contributed by atoms with van der Waals surface area (Å²) in [6.07, 6.45) is 0. The van der Waals surface area contributed by atoms with E-state index in [1.165, 1.54) is 0 Å². The standard InChI is InChI=1S/C14H7Cl5N2/c15-9-10(16)12(18)14(13(19)11(9)17)21-7-20-6-8-4-2-1-3-5-8/h1-5H,6H2. The molecule has 0 saturated carbocycles. The van der Waals surface area contributed by atoms with Crippen molar-refractivity contribution in [2.75, 3.05) is 0 Å². The Hall–Kier alpha value is -0.730. The predicted octanol–water partition coefficient (Wildman–Crippen LogP) is 6.96. The van der Waals surface area contributed by atoms with Gasteiger partial charge in [0.1, 0.15) is 5.69 Å². The Balaban J connectivity index is 2.29. The highest BCUT2D eigenvalue weighted by Gasteiger charge is 2.18. The molecule has 0 aliphatic heterocycles. The van der Waals surface area contributed by atoms with E-state index in [1.54, 1.807) is 0 Å². The summed E-state index contributed by atoms with van der Waals surface area (Å²) < 4.78 is 0. The molecule has 2 aromatic rings. The SMILES string of the molecule is Clc1c(Cl)c(Cl)c(N=C=NCc2ccccc2)c(Cl)c1Cl. The molecule has 108 valence electrons. The third kappa shape index (κ3) is 3.92. The monoisotopic (exact) mass is 378 g/mol. The summed E-state index contributed by atoms with van der Waals surface area (Å²) in [7, 11) is 0. The summed E-state index contributed by atoms with van der Waals surface area (Å²) in [5.74, 6) is 0. The first-order chi connectivity index (χ1) is 10.0. The van der Waals surface area contributed by atoms with Gasteiger partial charge in [-0.2, -0.15) is 4.99 Å². The van der Waals surface area contributed by atoms with Crippen LogP contribution in [0.1, 0.15) is 5.56 Å². The summed E-state index contributed by atoms with van der Waals surface area (Å²) in [5.41, 5.74) is 1.22. The van der Waals surface area contributed by atoms with Crippen molar-refractivity contribution in [3.63, 3.8) is 0 Å². The van der Waals surface area contributed by atoms with Crippen molar-refractivity contribution < 1.29 is 0 Å². The maximum Gasteiger partial charge on any atom is 0.115 e. The Bertz CT molecular complexity index is 693. The molecule has 2 nitrogen and oxygen atoms in total. The number of nitrogens with zero attached hydrogens (tertiary/aromatic N) is 2. The van der Waals surface area contributed by atoms with E-state index in [2.05, 4.69) is 16.0 Å². The Morgan fingerprint density at radius 2 is 1.29 bits per heavy atom. The van der Waals surface area contributed by atoms with Crippen molar-refractivity contribution in [1.82, 2.24) is 0 Å². The lowest BCUT2D eigenvalue weighted by molar-refractivity contribution is 1.08. The molecule has 0 aromatic heterocycles. The van der Waals surface area contributed by atoms with Crippen LogP contribution in [0.2, 0.25) is 25.1 Å². The number of aliphatic imine (C=N–C) groups is 2. The molecule has 0 N–H and O–H groups in total. The van der Waals surface area contributed by atoms with Crippen molar-refractivity contribution in [3.05, 3.63) is 61.0 Å². The van der Waals surface area contributed by atoms with Crippen molar-refractivity contribution >= 4 is 69.7 Å². The smallest absolute Gasteiger partial charge is 0.115 e. The van der Waals surface area contributed by atoms with E-state index in [-0.39, 0.29) is 30.8 Å². The number of halogens is 5. The average molecular weight is 380 g/mol. The zero-order valence-electron chi connectivity index (χ0n) is 10.4. The minimum absolute atomic E-state index is 0.0912. The molecule has 0 heterocycles. The van der Waals surface area contributed by atoms with E-state index >= 15 is 0 Å². The van der Waals surface area contributed by atoms with Crippen LogP contribution in [-0.4, -0.2) is 6.01 Å². The number of hydrogen-bond acceptors (Lipinski definition) is 2. The van der Waals surface area contributed by atoms with Crippen LogP contribution in [-0.2, 0) is 6.54 Å². The van der Waals surface area contributed by atoms with Gasteiger partial charge in [-0.1, -0.05) is 88.3 Å². The third-order valence-electron chi connectivity index (χ3n) is 2.52. The first kappa shape index (κ1) is 16.6. The number of benzene rings is 2. The van der Waals surface area contributed by atoms with Crippen LogP contribution in [0.4, 0.5) is 5.69 Å². The molecule has 2 aromatic carbocycles. The zero-order chi connectivity index (χ0) is 15.4. The molecule has 0 saturated heterocycles. The normalized spacial score (nSPS) is 10.1. The maximum atomic E-state index is 6.04. The van der Waals surface area contributed by atoms with Crippen molar-refractivity contribution in [1.29, 1.82) is 0 Å². The van der Waals surface area contributed by atoms with Gasteiger partial charge in [0, 0.05) is 0 Å². The van der Waals surface area contributed by atoms with Gasteiger partial charge < -0.3 is 0 Å². The summed E-state index contributed by atoms with van der Waals surface area (Å²) in [5, 5.41) is 0.498. The minimum atomic E-state index is 0.0912. The Labute approximate surface area is 147 Å². The summed E-state index contributed by atoms with van der Waals surface area (Å²) >= 11 is 29.8. The van der Waals surface area contributed by atoms with Crippen LogP contribution < -0.4 is 0 Å². The molecule has 0 radical (unpaired) electrons. The molecule has 0 unspecified atom stereocenters. The van der Waals surface area contributed by atoms with E-state index in [9.17, 15) is 0 Å². The molecule has 0 atom stereocenters. The van der Waals surface area contributed by atoms with E-state index < -0.39 is 0 Å².